The molecule has 3 rings (SSSR count). The van der Waals surface area contributed by atoms with Crippen molar-refractivity contribution in [2.24, 2.45) is 0 Å². The van der Waals surface area contributed by atoms with E-state index >= 15 is 0 Å². The van der Waals surface area contributed by atoms with E-state index in [1.807, 2.05) is 10.7 Å². The van der Waals surface area contributed by atoms with Crippen LogP contribution in [0, 0.1) is 3.57 Å². The van der Waals surface area contributed by atoms with E-state index in [-0.39, 0.29) is 0 Å². The summed E-state index contributed by atoms with van der Waals surface area (Å²) in [4.78, 5) is 0. The number of benzene rings is 1. The van der Waals surface area contributed by atoms with Crippen LogP contribution in [-0.4, -0.2) is 20.2 Å². The SMILES string of the molecule is Ic1cccc(-n2nnnc2C2CCCCC2)c1. The smallest absolute Gasteiger partial charge is 0.159 e. The fraction of sp³-hybridized carbons (Fsp3) is 0.462. The van der Waals surface area contributed by atoms with E-state index < -0.39 is 0 Å². The average Bonchev–Trinajstić information content (AvgIpc) is 2.89. The van der Waals surface area contributed by atoms with Crippen LogP contribution in [0.25, 0.3) is 5.69 Å². The third kappa shape index (κ3) is 2.41. The normalized spacial score (nSPS) is 16.9. The Labute approximate surface area is 120 Å². The first kappa shape index (κ1) is 12.1. The highest BCUT2D eigenvalue weighted by atomic mass is 127. The Morgan fingerprint density at radius 1 is 1.17 bits per heavy atom. The summed E-state index contributed by atoms with van der Waals surface area (Å²) in [5.74, 6) is 1.54. The van der Waals surface area contributed by atoms with Gasteiger partial charge in [0, 0.05) is 9.49 Å². The van der Waals surface area contributed by atoms with E-state index in [4.69, 9.17) is 0 Å². The second-order valence-corrected chi connectivity index (χ2v) is 6.01. The lowest BCUT2D eigenvalue weighted by atomic mass is 9.89. The Morgan fingerprint density at radius 3 is 2.78 bits per heavy atom. The van der Waals surface area contributed by atoms with E-state index in [9.17, 15) is 0 Å². The molecule has 5 heteroatoms. The lowest BCUT2D eigenvalue weighted by molar-refractivity contribution is 0.422. The molecule has 1 heterocycles. The Bertz CT molecular complexity index is 531. The molecule has 2 aromatic rings. The Hall–Kier alpha value is -0.980. The highest BCUT2D eigenvalue weighted by Crippen LogP contribution is 2.31. The maximum absolute atomic E-state index is 4.25. The molecule has 1 aromatic heterocycles. The molecular weight excluding hydrogens is 339 g/mol. The van der Waals surface area contributed by atoms with Crippen LogP contribution in [0.15, 0.2) is 24.3 Å². The molecule has 1 aliphatic carbocycles. The number of halogens is 1. The van der Waals surface area contributed by atoms with Crippen molar-refractivity contribution in [3.8, 4) is 5.69 Å². The van der Waals surface area contributed by atoms with Crippen LogP contribution < -0.4 is 0 Å². The van der Waals surface area contributed by atoms with Crippen molar-refractivity contribution in [1.82, 2.24) is 20.2 Å². The monoisotopic (exact) mass is 354 g/mol. The summed E-state index contributed by atoms with van der Waals surface area (Å²) in [5, 5.41) is 12.3. The number of tetrazole rings is 1. The van der Waals surface area contributed by atoms with E-state index in [2.05, 4.69) is 56.3 Å². The summed E-state index contributed by atoms with van der Waals surface area (Å²) in [7, 11) is 0. The van der Waals surface area contributed by atoms with Crippen LogP contribution in [0.1, 0.15) is 43.8 Å². The Balaban J connectivity index is 1.95. The predicted molar refractivity (Wildman–Crippen MR) is 77.7 cm³/mol. The molecule has 1 aliphatic rings. The van der Waals surface area contributed by atoms with Crippen LogP contribution in [0.2, 0.25) is 0 Å². The van der Waals surface area contributed by atoms with Crippen LogP contribution in [0.5, 0.6) is 0 Å². The van der Waals surface area contributed by atoms with Crippen molar-refractivity contribution in [2.45, 2.75) is 38.0 Å². The number of rotatable bonds is 2. The van der Waals surface area contributed by atoms with Gasteiger partial charge in [0.05, 0.1) is 5.69 Å². The molecule has 18 heavy (non-hydrogen) atoms. The first-order chi connectivity index (χ1) is 8.84. The van der Waals surface area contributed by atoms with E-state index in [0.717, 1.165) is 11.5 Å². The van der Waals surface area contributed by atoms with Gasteiger partial charge in [0.25, 0.3) is 0 Å². The van der Waals surface area contributed by atoms with Gasteiger partial charge in [-0.15, -0.1) is 5.10 Å². The van der Waals surface area contributed by atoms with Gasteiger partial charge < -0.3 is 0 Å². The molecule has 0 amide bonds. The van der Waals surface area contributed by atoms with Gasteiger partial charge in [0.15, 0.2) is 5.82 Å². The first-order valence-electron chi connectivity index (χ1n) is 6.39. The summed E-state index contributed by atoms with van der Waals surface area (Å²) in [6.45, 7) is 0. The molecule has 1 saturated carbocycles. The number of hydrogen-bond donors (Lipinski definition) is 0. The van der Waals surface area contributed by atoms with Crippen molar-refractivity contribution >= 4 is 22.6 Å². The molecule has 0 N–H and O–H groups in total. The molecule has 0 bridgehead atoms. The highest BCUT2D eigenvalue weighted by Gasteiger charge is 2.22. The molecule has 1 fully saturated rings. The van der Waals surface area contributed by atoms with Crippen LogP contribution in [0.3, 0.4) is 0 Å². The molecule has 0 aliphatic heterocycles. The fourth-order valence-electron chi connectivity index (χ4n) is 2.60. The Morgan fingerprint density at radius 2 is 2.00 bits per heavy atom. The molecule has 0 spiro atoms. The highest BCUT2D eigenvalue weighted by molar-refractivity contribution is 14.1. The second kappa shape index (κ2) is 5.34. The van der Waals surface area contributed by atoms with Crippen molar-refractivity contribution in [3.63, 3.8) is 0 Å². The third-order valence-corrected chi connectivity index (χ3v) is 4.19. The van der Waals surface area contributed by atoms with Crippen LogP contribution >= 0.6 is 22.6 Å². The molecule has 1 aromatic carbocycles. The van der Waals surface area contributed by atoms with Crippen molar-refractivity contribution in [1.29, 1.82) is 0 Å². The quantitative estimate of drug-likeness (QED) is 0.778. The predicted octanol–water partition coefficient (Wildman–Crippen LogP) is 3.31. The van der Waals surface area contributed by atoms with E-state index in [0.29, 0.717) is 5.92 Å². The van der Waals surface area contributed by atoms with Gasteiger partial charge in [-0.2, -0.15) is 4.68 Å². The summed E-state index contributed by atoms with van der Waals surface area (Å²) < 4.78 is 3.10. The van der Waals surface area contributed by atoms with Gasteiger partial charge in [-0.25, -0.2) is 0 Å². The molecule has 4 nitrogen and oxygen atoms in total. The van der Waals surface area contributed by atoms with Crippen LogP contribution in [0.4, 0.5) is 0 Å². The van der Waals surface area contributed by atoms with Gasteiger partial charge >= 0.3 is 0 Å². The minimum atomic E-state index is 0.520. The zero-order chi connectivity index (χ0) is 12.4. The minimum Gasteiger partial charge on any atom is -0.197 e. The summed E-state index contributed by atoms with van der Waals surface area (Å²) >= 11 is 2.31. The number of hydrogen-bond acceptors (Lipinski definition) is 3. The molecule has 0 saturated heterocycles. The first-order valence-corrected chi connectivity index (χ1v) is 7.47. The van der Waals surface area contributed by atoms with E-state index in [1.54, 1.807) is 0 Å². The van der Waals surface area contributed by atoms with Gasteiger partial charge in [0.2, 0.25) is 0 Å². The standard InChI is InChI=1S/C13H15IN4/c14-11-7-4-8-12(9-11)18-13(15-16-17-18)10-5-2-1-3-6-10/h4,7-10H,1-3,5-6H2. The third-order valence-electron chi connectivity index (χ3n) is 3.52. The van der Waals surface area contributed by atoms with Crippen molar-refractivity contribution < 1.29 is 0 Å². The second-order valence-electron chi connectivity index (χ2n) is 4.76. The van der Waals surface area contributed by atoms with Crippen LogP contribution in [-0.2, 0) is 0 Å². The summed E-state index contributed by atoms with van der Waals surface area (Å²) in [5.41, 5.74) is 1.06. The largest absolute Gasteiger partial charge is 0.197 e. The summed E-state index contributed by atoms with van der Waals surface area (Å²) in [6.07, 6.45) is 6.36. The molecular formula is C13H15IN4. The minimum absolute atomic E-state index is 0.520. The average molecular weight is 354 g/mol. The van der Waals surface area contributed by atoms with Gasteiger partial charge in [-0.1, -0.05) is 25.3 Å². The molecule has 0 radical (unpaired) electrons. The zero-order valence-electron chi connectivity index (χ0n) is 10.1. The molecule has 0 unspecified atom stereocenters. The van der Waals surface area contributed by atoms with Gasteiger partial charge in [-0.05, 0) is 64.1 Å². The Kier molecular flexibility index (Phi) is 3.58. The number of nitrogens with zero attached hydrogens (tertiary/aromatic N) is 4. The zero-order valence-corrected chi connectivity index (χ0v) is 12.2. The maximum atomic E-state index is 4.25. The number of aromatic nitrogens is 4. The fourth-order valence-corrected chi connectivity index (χ4v) is 3.13. The molecule has 94 valence electrons. The van der Waals surface area contributed by atoms with Crippen molar-refractivity contribution in [2.75, 3.05) is 0 Å². The topological polar surface area (TPSA) is 43.6 Å². The van der Waals surface area contributed by atoms with Gasteiger partial charge in [0.1, 0.15) is 0 Å². The summed E-state index contributed by atoms with van der Waals surface area (Å²) in [6, 6.07) is 8.30. The maximum Gasteiger partial charge on any atom is 0.159 e. The van der Waals surface area contributed by atoms with Crippen molar-refractivity contribution in [3.05, 3.63) is 33.7 Å². The van der Waals surface area contributed by atoms with Gasteiger partial charge in [-0.3, -0.25) is 0 Å². The van der Waals surface area contributed by atoms with E-state index in [1.165, 1.54) is 35.7 Å². The molecule has 0 atom stereocenters. The lowest BCUT2D eigenvalue weighted by Crippen LogP contribution is -2.12. The lowest BCUT2D eigenvalue weighted by Gasteiger charge is -2.20.